The van der Waals surface area contributed by atoms with Crippen molar-refractivity contribution in [1.82, 2.24) is 5.32 Å². The molecule has 0 bridgehead atoms. The van der Waals surface area contributed by atoms with Crippen LogP contribution in [0.5, 0.6) is 0 Å². The highest BCUT2D eigenvalue weighted by Crippen LogP contribution is 2.10. The van der Waals surface area contributed by atoms with Crippen molar-refractivity contribution in [3.8, 4) is 0 Å². The lowest BCUT2D eigenvalue weighted by Gasteiger charge is -2.21. The Morgan fingerprint density at radius 2 is 2.16 bits per heavy atom. The van der Waals surface area contributed by atoms with E-state index in [0.717, 1.165) is 0 Å². The van der Waals surface area contributed by atoms with Crippen LogP contribution in [0.3, 0.4) is 0 Å². The fourth-order valence-electron chi connectivity index (χ4n) is 1.28. The van der Waals surface area contributed by atoms with Crippen LogP contribution in [0.4, 0.5) is 4.79 Å². The van der Waals surface area contributed by atoms with E-state index in [9.17, 15) is 14.7 Å². The molecule has 0 saturated carbocycles. The summed E-state index contributed by atoms with van der Waals surface area (Å²) in [5.41, 5.74) is -0.684. The van der Waals surface area contributed by atoms with Crippen LogP contribution in [-0.4, -0.2) is 54.7 Å². The summed E-state index contributed by atoms with van der Waals surface area (Å²) < 4.78 is 14.5. The van der Waals surface area contributed by atoms with Gasteiger partial charge in [0, 0.05) is 0 Å². The lowest BCUT2D eigenvalue weighted by atomic mass is 10.2. The minimum atomic E-state index is -1.47. The Labute approximate surface area is 110 Å². The molecular formula is C11H18N2O6. The summed E-state index contributed by atoms with van der Waals surface area (Å²) >= 11 is 0. The summed E-state index contributed by atoms with van der Waals surface area (Å²) in [6.07, 6.45) is -2.28. The molecule has 1 amide bonds. The third-order valence-electron chi connectivity index (χ3n) is 2.03. The summed E-state index contributed by atoms with van der Waals surface area (Å²) in [4.78, 5) is 26.4. The fourth-order valence-corrected chi connectivity index (χ4v) is 1.28. The molecule has 0 aliphatic carbocycles. The van der Waals surface area contributed by atoms with Crippen molar-refractivity contribution in [1.29, 1.82) is 0 Å². The van der Waals surface area contributed by atoms with Crippen molar-refractivity contribution in [2.75, 3.05) is 13.7 Å². The molecule has 0 aromatic carbocycles. The number of ether oxygens (including phenoxy) is 3. The van der Waals surface area contributed by atoms with Gasteiger partial charge in [0.15, 0.2) is 6.04 Å². The van der Waals surface area contributed by atoms with E-state index in [-0.39, 0.29) is 12.5 Å². The number of rotatable bonds is 3. The first-order chi connectivity index (χ1) is 8.73. The highest BCUT2D eigenvalue weighted by atomic mass is 16.6. The number of aliphatic hydroxyl groups is 1. The van der Waals surface area contributed by atoms with Crippen molar-refractivity contribution in [3.63, 3.8) is 0 Å². The number of nitrogens with zero attached hydrogens (tertiary/aromatic N) is 1. The van der Waals surface area contributed by atoms with Crippen LogP contribution in [0.25, 0.3) is 0 Å². The number of amides is 1. The molecule has 108 valence electrons. The number of aliphatic hydroxyl groups excluding tert-OH is 1. The van der Waals surface area contributed by atoms with Crippen LogP contribution in [0.15, 0.2) is 4.99 Å². The maximum absolute atomic E-state index is 11.4. The number of hydrogen-bond donors (Lipinski definition) is 2. The molecule has 1 aliphatic rings. The number of carbonyl (C=O) groups is 2. The Morgan fingerprint density at radius 1 is 1.53 bits per heavy atom. The van der Waals surface area contributed by atoms with E-state index in [4.69, 9.17) is 9.47 Å². The molecule has 0 aromatic heterocycles. The Balaban J connectivity index is 2.53. The van der Waals surface area contributed by atoms with E-state index in [0.29, 0.717) is 0 Å². The van der Waals surface area contributed by atoms with Gasteiger partial charge in [-0.1, -0.05) is 0 Å². The predicted molar refractivity (Wildman–Crippen MR) is 64.6 cm³/mol. The van der Waals surface area contributed by atoms with Gasteiger partial charge in [0.1, 0.15) is 12.2 Å². The third kappa shape index (κ3) is 4.74. The second kappa shape index (κ2) is 5.87. The average molecular weight is 274 g/mol. The van der Waals surface area contributed by atoms with Gasteiger partial charge in [0.2, 0.25) is 12.1 Å². The number of methoxy groups -OCH3 is 1. The average Bonchev–Trinajstić information content (AvgIpc) is 2.74. The number of carbonyl (C=O) groups excluding carboxylic acids is 2. The summed E-state index contributed by atoms with van der Waals surface area (Å²) in [5, 5.41) is 11.8. The van der Waals surface area contributed by atoms with Crippen LogP contribution in [0.2, 0.25) is 0 Å². The summed E-state index contributed by atoms with van der Waals surface area (Å²) in [5.74, 6) is -0.722. The topological polar surface area (TPSA) is 106 Å². The van der Waals surface area contributed by atoms with Gasteiger partial charge in [-0.15, -0.1) is 0 Å². The third-order valence-corrected chi connectivity index (χ3v) is 2.03. The van der Waals surface area contributed by atoms with Crippen LogP contribution >= 0.6 is 0 Å². The van der Waals surface area contributed by atoms with Gasteiger partial charge < -0.3 is 19.3 Å². The minimum absolute atomic E-state index is 0.0327. The highest BCUT2D eigenvalue weighted by Gasteiger charge is 2.31. The Morgan fingerprint density at radius 3 is 2.68 bits per heavy atom. The number of aliphatic imine (C=N–C) groups is 1. The maximum atomic E-state index is 11.4. The van der Waals surface area contributed by atoms with Gasteiger partial charge in [-0.05, 0) is 20.8 Å². The molecule has 0 radical (unpaired) electrons. The molecule has 2 unspecified atom stereocenters. The Kier molecular flexibility index (Phi) is 4.71. The lowest BCUT2D eigenvalue weighted by molar-refractivity contribution is -0.142. The van der Waals surface area contributed by atoms with Gasteiger partial charge in [0.25, 0.3) is 0 Å². The first-order valence-electron chi connectivity index (χ1n) is 5.69. The van der Waals surface area contributed by atoms with Crippen molar-refractivity contribution >= 4 is 18.0 Å². The van der Waals surface area contributed by atoms with E-state index in [1.807, 2.05) is 0 Å². The molecule has 19 heavy (non-hydrogen) atoms. The van der Waals surface area contributed by atoms with Crippen molar-refractivity contribution in [3.05, 3.63) is 0 Å². The summed E-state index contributed by atoms with van der Waals surface area (Å²) in [7, 11) is 1.23. The van der Waals surface area contributed by atoms with E-state index >= 15 is 0 Å². The SMILES string of the molecule is COC(=O)C1COC(C(O)NC(=O)OC(C)(C)C)=N1. The number of hydrogen-bond acceptors (Lipinski definition) is 7. The first-order valence-corrected chi connectivity index (χ1v) is 5.69. The van der Waals surface area contributed by atoms with E-state index in [1.165, 1.54) is 7.11 Å². The zero-order chi connectivity index (χ0) is 14.6. The number of alkyl carbamates (subject to hydrolysis) is 1. The molecular weight excluding hydrogens is 256 g/mol. The molecule has 8 heteroatoms. The first kappa shape index (κ1) is 15.2. The fraction of sp³-hybridized carbons (Fsp3) is 0.727. The summed E-state index contributed by atoms with van der Waals surface area (Å²) in [6, 6.07) is -0.824. The maximum Gasteiger partial charge on any atom is 0.410 e. The predicted octanol–water partition coefficient (Wildman–Crippen LogP) is -0.200. The normalized spacial score (nSPS) is 20.1. The largest absolute Gasteiger partial charge is 0.475 e. The quantitative estimate of drug-likeness (QED) is 0.545. The van der Waals surface area contributed by atoms with E-state index in [2.05, 4.69) is 15.0 Å². The number of esters is 1. The molecule has 0 fully saturated rings. The minimum Gasteiger partial charge on any atom is -0.475 e. The van der Waals surface area contributed by atoms with Crippen molar-refractivity contribution < 1.29 is 28.9 Å². The van der Waals surface area contributed by atoms with Crippen molar-refractivity contribution in [2.45, 2.75) is 38.6 Å². The van der Waals surface area contributed by atoms with Crippen LogP contribution < -0.4 is 5.32 Å². The van der Waals surface area contributed by atoms with Crippen molar-refractivity contribution in [2.24, 2.45) is 4.99 Å². The Bertz CT molecular complexity index is 387. The van der Waals surface area contributed by atoms with Crippen LogP contribution in [-0.2, 0) is 19.0 Å². The second-order valence-electron chi connectivity index (χ2n) is 4.87. The molecule has 0 spiro atoms. The number of nitrogens with one attached hydrogen (secondary N) is 1. The molecule has 0 saturated heterocycles. The summed E-state index contributed by atoms with van der Waals surface area (Å²) in [6.45, 7) is 5.04. The van der Waals surface area contributed by atoms with Gasteiger partial charge in [0.05, 0.1) is 7.11 Å². The van der Waals surface area contributed by atoms with Gasteiger partial charge in [-0.3, -0.25) is 5.32 Å². The van der Waals surface area contributed by atoms with Crippen LogP contribution in [0, 0.1) is 0 Å². The van der Waals surface area contributed by atoms with E-state index in [1.54, 1.807) is 20.8 Å². The van der Waals surface area contributed by atoms with E-state index < -0.39 is 29.9 Å². The monoisotopic (exact) mass is 274 g/mol. The smallest absolute Gasteiger partial charge is 0.410 e. The molecule has 2 atom stereocenters. The molecule has 1 heterocycles. The second-order valence-corrected chi connectivity index (χ2v) is 4.87. The van der Waals surface area contributed by atoms with Gasteiger partial charge >= 0.3 is 12.1 Å². The standard InChI is InChI=1S/C11H18N2O6/c1-11(2,3)19-10(16)13-7(14)8-12-6(5-18-8)9(15)17-4/h6-7,14H,5H2,1-4H3,(H,13,16). The zero-order valence-corrected chi connectivity index (χ0v) is 11.3. The molecule has 1 rings (SSSR count). The van der Waals surface area contributed by atoms with Gasteiger partial charge in [-0.2, -0.15) is 0 Å². The molecule has 1 aliphatic heterocycles. The lowest BCUT2D eigenvalue weighted by Crippen LogP contribution is -2.43. The van der Waals surface area contributed by atoms with Gasteiger partial charge in [-0.25, -0.2) is 14.6 Å². The molecule has 2 N–H and O–H groups in total. The molecule has 8 nitrogen and oxygen atoms in total. The molecule has 0 aromatic rings. The van der Waals surface area contributed by atoms with Crippen LogP contribution in [0.1, 0.15) is 20.8 Å². The Hall–Kier alpha value is -1.83. The highest BCUT2D eigenvalue weighted by molar-refractivity contribution is 5.89. The zero-order valence-electron chi connectivity index (χ0n) is 11.3.